The van der Waals surface area contributed by atoms with Gasteiger partial charge in [0, 0.05) is 18.3 Å². The van der Waals surface area contributed by atoms with Gasteiger partial charge in [0.1, 0.15) is 18.2 Å². The van der Waals surface area contributed by atoms with Gasteiger partial charge in [0.15, 0.2) is 9.84 Å². The minimum Gasteiger partial charge on any atom is -0.492 e. The Morgan fingerprint density at radius 3 is 2.62 bits per heavy atom. The minimum atomic E-state index is -3.01. The first-order valence-corrected chi connectivity index (χ1v) is 9.15. The molecule has 0 aliphatic heterocycles. The van der Waals surface area contributed by atoms with E-state index in [4.69, 9.17) is 4.74 Å². The topological polar surface area (TPSA) is 55.4 Å². The summed E-state index contributed by atoms with van der Waals surface area (Å²) in [6.45, 7) is 2.37. The predicted molar refractivity (Wildman–Crippen MR) is 80.8 cm³/mol. The molecule has 1 fully saturated rings. The van der Waals surface area contributed by atoms with Gasteiger partial charge in [-0.1, -0.05) is 6.42 Å². The maximum atomic E-state index is 12.8. The summed E-state index contributed by atoms with van der Waals surface area (Å²) in [6, 6.07) is 5.89. The predicted octanol–water partition coefficient (Wildman–Crippen LogP) is 2.15. The summed E-state index contributed by atoms with van der Waals surface area (Å²) in [5.74, 6) is 0.312. The lowest BCUT2D eigenvalue weighted by atomic mass is 10.2. The molecule has 3 atom stereocenters. The maximum Gasteiger partial charge on any atom is 0.151 e. The summed E-state index contributed by atoms with van der Waals surface area (Å²) in [5, 5.41) is 3.04. The van der Waals surface area contributed by atoms with Gasteiger partial charge >= 0.3 is 0 Å². The van der Waals surface area contributed by atoms with E-state index in [1.54, 1.807) is 12.1 Å². The van der Waals surface area contributed by atoms with Crippen molar-refractivity contribution in [3.8, 4) is 5.75 Å². The van der Waals surface area contributed by atoms with Crippen LogP contribution in [0.1, 0.15) is 26.2 Å². The van der Waals surface area contributed by atoms with Crippen molar-refractivity contribution in [3.05, 3.63) is 30.1 Å². The molecular weight excluding hydrogens is 293 g/mol. The summed E-state index contributed by atoms with van der Waals surface area (Å²) in [4.78, 5) is 0. The summed E-state index contributed by atoms with van der Waals surface area (Å²) in [6.07, 6.45) is 3.83. The van der Waals surface area contributed by atoms with E-state index in [1.165, 1.54) is 18.4 Å². The smallest absolute Gasteiger partial charge is 0.151 e. The Hall–Kier alpha value is -1.14. The van der Waals surface area contributed by atoms with Crippen LogP contribution in [0.25, 0.3) is 0 Å². The first-order chi connectivity index (χ1) is 9.86. The van der Waals surface area contributed by atoms with Crippen molar-refractivity contribution >= 4 is 9.84 Å². The summed E-state index contributed by atoms with van der Waals surface area (Å²) < 4.78 is 41.8. The van der Waals surface area contributed by atoms with Crippen LogP contribution in [0, 0.1) is 5.82 Å². The van der Waals surface area contributed by atoms with Crippen LogP contribution >= 0.6 is 0 Å². The van der Waals surface area contributed by atoms with Gasteiger partial charge < -0.3 is 10.1 Å². The van der Waals surface area contributed by atoms with Crippen molar-refractivity contribution in [1.29, 1.82) is 0 Å². The molecular formula is C15H22FNO3S. The quantitative estimate of drug-likeness (QED) is 0.874. The molecule has 0 amide bonds. The summed E-state index contributed by atoms with van der Waals surface area (Å²) in [5.41, 5.74) is 0. The molecule has 1 N–H and O–H groups in total. The molecule has 118 valence electrons. The number of halogens is 1. The second-order valence-electron chi connectivity index (χ2n) is 5.74. The van der Waals surface area contributed by atoms with Crippen molar-refractivity contribution < 1.29 is 17.5 Å². The highest BCUT2D eigenvalue weighted by Gasteiger charge is 2.35. The third-order valence-corrected chi connectivity index (χ3v) is 5.48. The Bertz CT molecular complexity index is 559. The number of benzene rings is 1. The van der Waals surface area contributed by atoms with Crippen molar-refractivity contribution in [3.63, 3.8) is 0 Å². The molecule has 0 saturated heterocycles. The SMILES string of the molecule is CC(COc1ccc(F)cc1)NC1CCCC1S(C)(=O)=O. The zero-order chi connectivity index (χ0) is 15.5. The minimum absolute atomic E-state index is 0.00758. The average Bonchev–Trinajstić information content (AvgIpc) is 2.86. The number of ether oxygens (including phenoxy) is 1. The van der Waals surface area contributed by atoms with Crippen LogP contribution in [-0.2, 0) is 9.84 Å². The molecule has 3 unspecified atom stereocenters. The first kappa shape index (κ1) is 16.2. The zero-order valence-electron chi connectivity index (χ0n) is 12.4. The molecule has 21 heavy (non-hydrogen) atoms. The molecule has 6 heteroatoms. The van der Waals surface area contributed by atoms with Gasteiger partial charge in [-0.05, 0) is 44.0 Å². The first-order valence-electron chi connectivity index (χ1n) is 7.19. The fraction of sp³-hybridized carbons (Fsp3) is 0.600. The lowest BCUT2D eigenvalue weighted by Crippen LogP contribution is -2.46. The van der Waals surface area contributed by atoms with Crippen molar-refractivity contribution in [2.24, 2.45) is 0 Å². The Morgan fingerprint density at radius 1 is 1.33 bits per heavy atom. The standard InChI is InChI=1S/C15H22FNO3S/c1-11(10-20-13-8-6-12(16)7-9-13)17-14-4-3-5-15(14)21(2,18)19/h6-9,11,14-15,17H,3-5,10H2,1-2H3. The van der Waals surface area contributed by atoms with Gasteiger partial charge in [0.05, 0.1) is 5.25 Å². The molecule has 1 aromatic carbocycles. The van der Waals surface area contributed by atoms with Crippen LogP contribution < -0.4 is 10.1 Å². The Balaban J connectivity index is 1.84. The molecule has 0 heterocycles. The van der Waals surface area contributed by atoms with Crippen LogP contribution in [0.15, 0.2) is 24.3 Å². The Kier molecular flexibility index (Phi) is 5.22. The van der Waals surface area contributed by atoms with Gasteiger partial charge in [-0.3, -0.25) is 0 Å². The largest absolute Gasteiger partial charge is 0.492 e. The second kappa shape index (κ2) is 6.75. The van der Waals surface area contributed by atoms with Crippen LogP contribution in [0.2, 0.25) is 0 Å². The fourth-order valence-corrected chi connectivity index (χ4v) is 4.20. The Morgan fingerprint density at radius 2 is 2.00 bits per heavy atom. The van der Waals surface area contributed by atoms with E-state index in [2.05, 4.69) is 5.32 Å². The molecule has 0 radical (unpaired) electrons. The van der Waals surface area contributed by atoms with Gasteiger partial charge in [-0.25, -0.2) is 12.8 Å². The molecule has 2 rings (SSSR count). The van der Waals surface area contributed by atoms with Crippen LogP contribution in [0.3, 0.4) is 0 Å². The molecule has 4 nitrogen and oxygen atoms in total. The van der Waals surface area contributed by atoms with Gasteiger partial charge in [0.2, 0.25) is 0 Å². The number of hydrogen-bond acceptors (Lipinski definition) is 4. The zero-order valence-corrected chi connectivity index (χ0v) is 13.2. The van der Waals surface area contributed by atoms with Crippen molar-refractivity contribution in [2.75, 3.05) is 12.9 Å². The molecule has 1 aliphatic rings. The van der Waals surface area contributed by atoms with Crippen LogP contribution in [0.5, 0.6) is 5.75 Å². The van der Waals surface area contributed by atoms with Crippen molar-refractivity contribution in [2.45, 2.75) is 43.5 Å². The molecule has 1 aromatic rings. The summed E-state index contributed by atoms with van der Waals surface area (Å²) in [7, 11) is -3.01. The fourth-order valence-electron chi connectivity index (χ4n) is 2.79. The Labute approximate surface area is 125 Å². The monoisotopic (exact) mass is 315 g/mol. The lowest BCUT2D eigenvalue weighted by molar-refractivity contribution is 0.261. The molecule has 0 spiro atoms. The summed E-state index contributed by atoms with van der Waals surface area (Å²) >= 11 is 0. The maximum absolute atomic E-state index is 12.8. The third-order valence-electron chi connectivity index (χ3n) is 3.81. The van der Waals surface area contributed by atoms with E-state index in [0.29, 0.717) is 12.4 Å². The van der Waals surface area contributed by atoms with E-state index >= 15 is 0 Å². The third kappa shape index (κ3) is 4.68. The van der Waals surface area contributed by atoms with Gasteiger partial charge in [-0.2, -0.15) is 0 Å². The van der Waals surface area contributed by atoms with Crippen LogP contribution in [0.4, 0.5) is 4.39 Å². The highest BCUT2D eigenvalue weighted by molar-refractivity contribution is 7.91. The molecule has 1 aliphatic carbocycles. The second-order valence-corrected chi connectivity index (χ2v) is 8.00. The van der Waals surface area contributed by atoms with E-state index in [0.717, 1.165) is 19.3 Å². The van der Waals surface area contributed by atoms with E-state index in [1.807, 2.05) is 6.92 Å². The number of hydrogen-bond donors (Lipinski definition) is 1. The number of nitrogens with one attached hydrogen (secondary N) is 1. The van der Waals surface area contributed by atoms with Gasteiger partial charge in [0.25, 0.3) is 0 Å². The van der Waals surface area contributed by atoms with Crippen LogP contribution in [-0.4, -0.2) is 38.6 Å². The highest BCUT2D eigenvalue weighted by atomic mass is 32.2. The van der Waals surface area contributed by atoms with E-state index < -0.39 is 9.84 Å². The van der Waals surface area contributed by atoms with E-state index in [9.17, 15) is 12.8 Å². The number of rotatable bonds is 6. The highest BCUT2D eigenvalue weighted by Crippen LogP contribution is 2.25. The average molecular weight is 315 g/mol. The molecule has 1 saturated carbocycles. The normalized spacial score (nSPS) is 24.0. The molecule has 0 bridgehead atoms. The number of sulfone groups is 1. The van der Waals surface area contributed by atoms with E-state index in [-0.39, 0.29) is 23.2 Å². The lowest BCUT2D eigenvalue weighted by Gasteiger charge is -2.24. The molecule has 0 aromatic heterocycles. The van der Waals surface area contributed by atoms with Crippen molar-refractivity contribution in [1.82, 2.24) is 5.32 Å². The van der Waals surface area contributed by atoms with Gasteiger partial charge in [-0.15, -0.1) is 0 Å².